The van der Waals surface area contributed by atoms with E-state index in [0.717, 1.165) is 31.0 Å². The highest BCUT2D eigenvalue weighted by atomic mass is 16.5. The molecule has 1 N–H and O–H groups in total. The Morgan fingerprint density at radius 3 is 2.67 bits per heavy atom. The maximum absolute atomic E-state index is 5.85. The number of nitrogens with one attached hydrogen (secondary N) is 1. The first-order valence-corrected chi connectivity index (χ1v) is 7.69. The van der Waals surface area contributed by atoms with E-state index >= 15 is 0 Å². The van der Waals surface area contributed by atoms with Gasteiger partial charge in [-0.05, 0) is 37.6 Å². The summed E-state index contributed by atoms with van der Waals surface area (Å²) < 4.78 is 7.99. The Morgan fingerprint density at radius 2 is 2.00 bits per heavy atom. The molecule has 0 radical (unpaired) electrons. The highest BCUT2D eigenvalue weighted by molar-refractivity contribution is 5.29. The molecule has 1 unspecified atom stereocenters. The van der Waals surface area contributed by atoms with E-state index in [9.17, 15) is 0 Å². The van der Waals surface area contributed by atoms with Crippen LogP contribution in [0.3, 0.4) is 0 Å². The van der Waals surface area contributed by atoms with E-state index in [0.29, 0.717) is 12.6 Å². The Labute approximate surface area is 127 Å². The number of imidazole rings is 1. The maximum Gasteiger partial charge on any atom is 0.130 e. The highest BCUT2D eigenvalue weighted by Crippen LogP contribution is 2.18. The zero-order chi connectivity index (χ0) is 15.1. The summed E-state index contributed by atoms with van der Waals surface area (Å²) in [7, 11) is 0. The Bertz CT molecular complexity index is 533. The van der Waals surface area contributed by atoms with Crippen LogP contribution in [0.2, 0.25) is 0 Å². The molecule has 0 saturated heterocycles. The topological polar surface area (TPSA) is 39.1 Å². The fourth-order valence-electron chi connectivity index (χ4n) is 2.34. The van der Waals surface area contributed by atoms with Crippen molar-refractivity contribution in [3.8, 4) is 5.75 Å². The predicted octanol–water partition coefficient (Wildman–Crippen LogP) is 3.54. The zero-order valence-corrected chi connectivity index (χ0v) is 13.2. The van der Waals surface area contributed by atoms with Crippen molar-refractivity contribution in [2.45, 2.75) is 46.4 Å². The van der Waals surface area contributed by atoms with Gasteiger partial charge >= 0.3 is 0 Å². The summed E-state index contributed by atoms with van der Waals surface area (Å²) in [5.74, 6) is 0.895. The molecule has 4 heteroatoms. The summed E-state index contributed by atoms with van der Waals surface area (Å²) in [5, 5.41) is 3.40. The minimum Gasteiger partial charge on any atom is -0.487 e. The van der Waals surface area contributed by atoms with Gasteiger partial charge in [-0.2, -0.15) is 0 Å². The van der Waals surface area contributed by atoms with Gasteiger partial charge in [0.2, 0.25) is 0 Å². The molecule has 0 aliphatic heterocycles. The molecular formula is C17H25N3O. The summed E-state index contributed by atoms with van der Waals surface area (Å²) in [6, 6.07) is 8.67. The van der Waals surface area contributed by atoms with Gasteiger partial charge in [-0.15, -0.1) is 0 Å². The van der Waals surface area contributed by atoms with Gasteiger partial charge in [0.25, 0.3) is 0 Å². The van der Waals surface area contributed by atoms with E-state index in [1.807, 2.05) is 24.7 Å². The molecule has 2 rings (SSSR count). The lowest BCUT2D eigenvalue weighted by Crippen LogP contribution is -2.17. The molecule has 0 fully saturated rings. The quantitative estimate of drug-likeness (QED) is 0.807. The lowest BCUT2D eigenvalue weighted by Gasteiger charge is -2.13. The van der Waals surface area contributed by atoms with Crippen LogP contribution in [-0.2, 0) is 13.2 Å². The molecule has 0 saturated carbocycles. The van der Waals surface area contributed by atoms with Crippen LogP contribution in [0.15, 0.2) is 36.8 Å². The second kappa shape index (κ2) is 7.84. The molecule has 2 aromatic rings. The number of hydrogen-bond donors (Lipinski definition) is 1. The normalized spacial score (nSPS) is 12.3. The fraction of sp³-hybridized carbons (Fsp3) is 0.471. The molecule has 1 aromatic carbocycles. The van der Waals surface area contributed by atoms with Crippen LogP contribution in [0.25, 0.3) is 0 Å². The molecule has 1 aromatic heterocycles. The van der Waals surface area contributed by atoms with Crippen molar-refractivity contribution in [1.29, 1.82) is 0 Å². The summed E-state index contributed by atoms with van der Waals surface area (Å²) in [6.07, 6.45) is 4.83. The number of nitrogens with zero attached hydrogens (tertiary/aromatic N) is 2. The molecule has 114 valence electrons. The van der Waals surface area contributed by atoms with Crippen molar-refractivity contribution in [3.05, 3.63) is 48.0 Å². The maximum atomic E-state index is 5.85. The smallest absolute Gasteiger partial charge is 0.130 e. The van der Waals surface area contributed by atoms with Crippen LogP contribution >= 0.6 is 0 Å². The molecule has 4 nitrogen and oxygen atoms in total. The van der Waals surface area contributed by atoms with Gasteiger partial charge in [0, 0.05) is 12.6 Å². The van der Waals surface area contributed by atoms with Crippen molar-refractivity contribution in [3.63, 3.8) is 0 Å². The third kappa shape index (κ3) is 4.33. The summed E-state index contributed by atoms with van der Waals surface area (Å²) in [4.78, 5) is 4.19. The fourth-order valence-corrected chi connectivity index (χ4v) is 2.34. The van der Waals surface area contributed by atoms with Crippen LogP contribution in [0.5, 0.6) is 5.75 Å². The van der Waals surface area contributed by atoms with Crippen molar-refractivity contribution >= 4 is 0 Å². The first-order chi connectivity index (χ1) is 10.2. The standard InChI is InChI=1S/C17H25N3O/c1-4-10-20-13-18-11-16(20)12-21-17-8-6-15(7-9-17)14(3)19-5-2/h6-9,11,13-14,19H,4-5,10,12H2,1-3H3. The van der Waals surface area contributed by atoms with Crippen LogP contribution in [-0.4, -0.2) is 16.1 Å². The van der Waals surface area contributed by atoms with Crippen molar-refractivity contribution in [1.82, 2.24) is 14.9 Å². The number of aromatic nitrogens is 2. The van der Waals surface area contributed by atoms with E-state index in [-0.39, 0.29) is 0 Å². The van der Waals surface area contributed by atoms with Crippen LogP contribution < -0.4 is 10.1 Å². The van der Waals surface area contributed by atoms with Gasteiger partial charge in [0.05, 0.1) is 18.2 Å². The SMILES string of the molecule is CCCn1cncc1COc1ccc(C(C)NCC)cc1. The molecule has 0 amide bonds. The van der Waals surface area contributed by atoms with Gasteiger partial charge in [-0.25, -0.2) is 4.98 Å². The van der Waals surface area contributed by atoms with Gasteiger partial charge in [0.15, 0.2) is 0 Å². The summed E-state index contributed by atoms with van der Waals surface area (Å²) in [6.45, 7) is 8.96. The summed E-state index contributed by atoms with van der Waals surface area (Å²) in [5.41, 5.74) is 2.39. The average molecular weight is 287 g/mol. The van der Waals surface area contributed by atoms with Crippen molar-refractivity contribution in [2.75, 3.05) is 6.54 Å². The monoisotopic (exact) mass is 287 g/mol. The summed E-state index contributed by atoms with van der Waals surface area (Å²) >= 11 is 0. The number of aryl methyl sites for hydroxylation is 1. The number of benzene rings is 1. The van der Waals surface area contributed by atoms with Gasteiger partial charge in [-0.3, -0.25) is 0 Å². The van der Waals surface area contributed by atoms with Gasteiger partial charge in [0.1, 0.15) is 12.4 Å². The first kappa shape index (κ1) is 15.6. The largest absolute Gasteiger partial charge is 0.487 e. The van der Waals surface area contributed by atoms with Gasteiger partial charge in [-0.1, -0.05) is 26.0 Å². The van der Waals surface area contributed by atoms with Crippen LogP contribution in [0.1, 0.15) is 44.5 Å². The number of ether oxygens (including phenoxy) is 1. The van der Waals surface area contributed by atoms with Crippen molar-refractivity contribution < 1.29 is 4.74 Å². The molecule has 0 aliphatic carbocycles. The number of rotatable bonds is 8. The highest BCUT2D eigenvalue weighted by Gasteiger charge is 2.05. The molecule has 1 heterocycles. The molecule has 1 atom stereocenters. The molecule has 0 bridgehead atoms. The molecular weight excluding hydrogens is 262 g/mol. The van der Waals surface area contributed by atoms with Crippen molar-refractivity contribution in [2.24, 2.45) is 0 Å². The van der Waals surface area contributed by atoms with E-state index in [1.54, 1.807) is 0 Å². The minimum atomic E-state index is 0.370. The van der Waals surface area contributed by atoms with Crippen LogP contribution in [0, 0.1) is 0 Å². The third-order valence-corrected chi connectivity index (χ3v) is 3.54. The minimum absolute atomic E-state index is 0.370. The lowest BCUT2D eigenvalue weighted by molar-refractivity contribution is 0.294. The Balaban J connectivity index is 1.93. The number of hydrogen-bond acceptors (Lipinski definition) is 3. The first-order valence-electron chi connectivity index (χ1n) is 7.69. The van der Waals surface area contributed by atoms with E-state index < -0.39 is 0 Å². The zero-order valence-electron chi connectivity index (χ0n) is 13.2. The Hall–Kier alpha value is -1.81. The Kier molecular flexibility index (Phi) is 5.81. The lowest BCUT2D eigenvalue weighted by atomic mass is 10.1. The molecule has 0 spiro atoms. The second-order valence-corrected chi connectivity index (χ2v) is 5.22. The average Bonchev–Trinajstić information content (AvgIpc) is 2.94. The molecule has 21 heavy (non-hydrogen) atoms. The molecule has 0 aliphatic rings. The van der Waals surface area contributed by atoms with E-state index in [1.165, 1.54) is 5.56 Å². The van der Waals surface area contributed by atoms with Gasteiger partial charge < -0.3 is 14.6 Å². The predicted molar refractivity (Wildman–Crippen MR) is 85.4 cm³/mol. The van der Waals surface area contributed by atoms with E-state index in [4.69, 9.17) is 4.74 Å². The van der Waals surface area contributed by atoms with Crippen LogP contribution in [0.4, 0.5) is 0 Å². The third-order valence-electron chi connectivity index (χ3n) is 3.54. The second-order valence-electron chi connectivity index (χ2n) is 5.22. The van der Waals surface area contributed by atoms with E-state index in [2.05, 4.69) is 47.8 Å². The Morgan fingerprint density at radius 1 is 1.24 bits per heavy atom.